The minimum absolute atomic E-state index is 0.638. The first-order valence-electron chi connectivity index (χ1n) is 4.99. The summed E-state index contributed by atoms with van der Waals surface area (Å²) in [5, 5.41) is 2.70. The Kier molecular flexibility index (Phi) is 3.79. The molecule has 1 fully saturated rings. The van der Waals surface area contributed by atoms with Crippen LogP contribution in [0.4, 0.5) is 0 Å². The van der Waals surface area contributed by atoms with Gasteiger partial charge in [0, 0.05) is 27.8 Å². The van der Waals surface area contributed by atoms with Crippen LogP contribution in [-0.2, 0) is 6.42 Å². The Bertz CT molecular complexity index is 297. The van der Waals surface area contributed by atoms with E-state index >= 15 is 0 Å². The molecule has 1 aromatic heterocycles. The molecule has 0 N–H and O–H groups in total. The molecule has 0 spiro atoms. The van der Waals surface area contributed by atoms with Crippen LogP contribution >= 0.6 is 34.9 Å². The van der Waals surface area contributed by atoms with Crippen LogP contribution in [0.1, 0.15) is 29.0 Å². The van der Waals surface area contributed by atoms with E-state index in [0.29, 0.717) is 5.25 Å². The second-order valence-electron chi connectivity index (χ2n) is 3.39. The average molecular weight is 245 g/mol. The maximum Gasteiger partial charge on any atom is 0.107 e. The van der Waals surface area contributed by atoms with Crippen LogP contribution < -0.4 is 0 Å². The van der Waals surface area contributed by atoms with Gasteiger partial charge in [-0.2, -0.15) is 11.8 Å². The van der Waals surface area contributed by atoms with Gasteiger partial charge in [-0.25, -0.2) is 4.98 Å². The van der Waals surface area contributed by atoms with Crippen molar-refractivity contribution in [2.45, 2.75) is 30.8 Å². The molecule has 2 heterocycles. The maximum atomic E-state index is 4.55. The molecular weight excluding hydrogens is 230 g/mol. The standard InChI is InChI=1S/C10H15NS3/c1-3-8-6-11-10(14-8)9-7(2)12-4-5-13-9/h6-7,9H,3-5H2,1-2H3. The summed E-state index contributed by atoms with van der Waals surface area (Å²) >= 11 is 6.06. The van der Waals surface area contributed by atoms with Crippen LogP contribution in [0.3, 0.4) is 0 Å². The van der Waals surface area contributed by atoms with Crippen LogP contribution in [0.25, 0.3) is 0 Å². The largest absolute Gasteiger partial charge is 0.248 e. The number of nitrogens with zero attached hydrogens (tertiary/aromatic N) is 1. The highest BCUT2D eigenvalue weighted by molar-refractivity contribution is 8.06. The fourth-order valence-corrected chi connectivity index (χ4v) is 5.55. The van der Waals surface area contributed by atoms with E-state index in [1.54, 1.807) is 0 Å². The summed E-state index contributed by atoms with van der Waals surface area (Å²) in [6.45, 7) is 4.53. The minimum Gasteiger partial charge on any atom is -0.248 e. The highest BCUT2D eigenvalue weighted by Gasteiger charge is 2.26. The molecule has 0 saturated carbocycles. The number of hydrogen-bond acceptors (Lipinski definition) is 4. The summed E-state index contributed by atoms with van der Waals surface area (Å²) in [6.07, 6.45) is 3.17. The average Bonchev–Trinajstić information content (AvgIpc) is 2.67. The summed E-state index contributed by atoms with van der Waals surface area (Å²) in [5.41, 5.74) is 0. The van der Waals surface area contributed by atoms with Crippen molar-refractivity contribution in [3.05, 3.63) is 16.1 Å². The monoisotopic (exact) mass is 245 g/mol. The molecule has 4 heteroatoms. The van der Waals surface area contributed by atoms with Gasteiger partial charge in [0.15, 0.2) is 0 Å². The van der Waals surface area contributed by atoms with E-state index in [-0.39, 0.29) is 0 Å². The van der Waals surface area contributed by atoms with E-state index in [2.05, 4.69) is 42.4 Å². The number of hydrogen-bond donors (Lipinski definition) is 0. The first kappa shape index (κ1) is 10.8. The van der Waals surface area contributed by atoms with Crippen molar-refractivity contribution in [2.24, 2.45) is 0 Å². The van der Waals surface area contributed by atoms with Gasteiger partial charge in [0.05, 0.1) is 5.25 Å². The van der Waals surface area contributed by atoms with E-state index in [1.165, 1.54) is 21.4 Å². The molecule has 1 nitrogen and oxygen atoms in total. The molecule has 0 bridgehead atoms. The SMILES string of the molecule is CCc1cnc(C2SCCSC2C)s1. The molecule has 2 rings (SSSR count). The van der Waals surface area contributed by atoms with E-state index in [9.17, 15) is 0 Å². The quantitative estimate of drug-likeness (QED) is 0.790. The zero-order valence-corrected chi connectivity index (χ0v) is 11.0. The summed E-state index contributed by atoms with van der Waals surface area (Å²) in [6, 6.07) is 0. The first-order chi connectivity index (χ1) is 6.81. The Labute approximate surface area is 98.1 Å². The molecule has 78 valence electrons. The van der Waals surface area contributed by atoms with Gasteiger partial charge in [0.2, 0.25) is 0 Å². The lowest BCUT2D eigenvalue weighted by Crippen LogP contribution is -2.15. The molecule has 0 aromatic carbocycles. The molecule has 0 aliphatic carbocycles. The lowest BCUT2D eigenvalue weighted by atomic mass is 10.3. The predicted molar refractivity (Wildman–Crippen MR) is 68.6 cm³/mol. The van der Waals surface area contributed by atoms with Gasteiger partial charge in [-0.05, 0) is 6.42 Å². The fourth-order valence-electron chi connectivity index (χ4n) is 1.52. The molecule has 0 amide bonds. The number of aryl methyl sites for hydroxylation is 1. The first-order valence-corrected chi connectivity index (χ1v) is 7.90. The highest BCUT2D eigenvalue weighted by atomic mass is 32.2. The topological polar surface area (TPSA) is 12.9 Å². The molecule has 1 saturated heterocycles. The van der Waals surface area contributed by atoms with Gasteiger partial charge in [0.25, 0.3) is 0 Å². The van der Waals surface area contributed by atoms with Gasteiger partial charge in [-0.15, -0.1) is 23.1 Å². The lowest BCUT2D eigenvalue weighted by Gasteiger charge is -2.25. The maximum absolute atomic E-state index is 4.55. The molecule has 1 aliphatic rings. The highest BCUT2D eigenvalue weighted by Crippen LogP contribution is 2.43. The van der Waals surface area contributed by atoms with Gasteiger partial charge < -0.3 is 0 Å². The van der Waals surface area contributed by atoms with Crippen molar-refractivity contribution in [1.82, 2.24) is 4.98 Å². The molecular formula is C10H15NS3. The molecule has 14 heavy (non-hydrogen) atoms. The van der Waals surface area contributed by atoms with Gasteiger partial charge >= 0.3 is 0 Å². The van der Waals surface area contributed by atoms with Crippen molar-refractivity contribution in [1.29, 1.82) is 0 Å². The van der Waals surface area contributed by atoms with E-state index in [1.807, 2.05) is 17.5 Å². The van der Waals surface area contributed by atoms with Gasteiger partial charge in [0.1, 0.15) is 5.01 Å². The normalized spacial score (nSPS) is 27.9. The Morgan fingerprint density at radius 3 is 2.86 bits per heavy atom. The lowest BCUT2D eigenvalue weighted by molar-refractivity contribution is 0.895. The fraction of sp³-hybridized carbons (Fsp3) is 0.700. The van der Waals surface area contributed by atoms with E-state index < -0.39 is 0 Å². The smallest absolute Gasteiger partial charge is 0.107 e. The van der Waals surface area contributed by atoms with Crippen molar-refractivity contribution in [2.75, 3.05) is 11.5 Å². The minimum atomic E-state index is 0.638. The Hall–Kier alpha value is 0.330. The van der Waals surface area contributed by atoms with Gasteiger partial charge in [-0.3, -0.25) is 0 Å². The summed E-state index contributed by atoms with van der Waals surface area (Å²) < 4.78 is 0. The van der Waals surface area contributed by atoms with Crippen LogP contribution in [0, 0.1) is 0 Å². The molecule has 1 aliphatic heterocycles. The zero-order chi connectivity index (χ0) is 9.97. The Balaban J connectivity index is 2.12. The Morgan fingerprint density at radius 2 is 2.21 bits per heavy atom. The third kappa shape index (κ3) is 2.28. The van der Waals surface area contributed by atoms with Crippen molar-refractivity contribution < 1.29 is 0 Å². The third-order valence-electron chi connectivity index (χ3n) is 2.35. The number of rotatable bonds is 2. The summed E-state index contributed by atoms with van der Waals surface area (Å²) in [5.74, 6) is 2.58. The number of thiazole rings is 1. The number of aromatic nitrogens is 1. The van der Waals surface area contributed by atoms with Crippen LogP contribution in [0.2, 0.25) is 0 Å². The predicted octanol–water partition coefficient (Wildman–Crippen LogP) is 3.62. The number of thioether (sulfide) groups is 2. The van der Waals surface area contributed by atoms with Crippen LogP contribution in [-0.4, -0.2) is 21.7 Å². The third-order valence-corrected chi connectivity index (χ3v) is 6.82. The van der Waals surface area contributed by atoms with Crippen molar-refractivity contribution in [3.63, 3.8) is 0 Å². The Morgan fingerprint density at radius 1 is 1.43 bits per heavy atom. The van der Waals surface area contributed by atoms with Crippen molar-refractivity contribution >= 4 is 34.9 Å². The second kappa shape index (κ2) is 4.90. The molecule has 1 aromatic rings. The molecule has 2 unspecified atom stereocenters. The van der Waals surface area contributed by atoms with Crippen LogP contribution in [0.5, 0.6) is 0 Å². The summed E-state index contributed by atoms with van der Waals surface area (Å²) in [7, 11) is 0. The second-order valence-corrected chi connectivity index (χ2v) is 7.27. The van der Waals surface area contributed by atoms with Crippen molar-refractivity contribution in [3.8, 4) is 0 Å². The van der Waals surface area contributed by atoms with Gasteiger partial charge in [-0.1, -0.05) is 13.8 Å². The van der Waals surface area contributed by atoms with Crippen LogP contribution in [0.15, 0.2) is 6.20 Å². The van der Waals surface area contributed by atoms with E-state index in [4.69, 9.17) is 0 Å². The molecule has 0 radical (unpaired) electrons. The summed E-state index contributed by atoms with van der Waals surface area (Å²) in [4.78, 5) is 5.97. The zero-order valence-electron chi connectivity index (χ0n) is 8.53. The van der Waals surface area contributed by atoms with E-state index in [0.717, 1.165) is 11.7 Å². The molecule has 2 atom stereocenters.